The van der Waals surface area contributed by atoms with Crippen molar-refractivity contribution in [2.45, 2.75) is 19.0 Å². The number of nitrogens with zero attached hydrogens (tertiary/aromatic N) is 2. The number of halogens is 2. The highest BCUT2D eigenvalue weighted by Gasteiger charge is 2.41. The van der Waals surface area contributed by atoms with E-state index >= 15 is 0 Å². The summed E-state index contributed by atoms with van der Waals surface area (Å²) < 4.78 is 26.6. The van der Waals surface area contributed by atoms with Gasteiger partial charge in [-0.25, -0.2) is 8.78 Å². The molecule has 0 aliphatic carbocycles. The standard InChI is InChI=1S/C26H25F2N3O/c27-20-7-5-18(6-8-20)16-29-26(32)23-15-19-3-1-2-4-24(19)31-14-13-30(17-25(23)31)22-11-9-21(28)10-12-22/h1-12,23,25H,13-17H2,(H,29,32)/t23-,25+/m1/s1. The van der Waals surface area contributed by atoms with Crippen molar-refractivity contribution in [1.29, 1.82) is 0 Å². The first-order valence-electron chi connectivity index (χ1n) is 11.0. The average Bonchev–Trinajstić information content (AvgIpc) is 2.83. The molecule has 0 saturated carbocycles. The molecule has 0 radical (unpaired) electrons. The molecule has 0 spiro atoms. The minimum atomic E-state index is -0.289. The molecule has 2 atom stereocenters. The highest BCUT2D eigenvalue weighted by Crippen LogP contribution is 2.37. The van der Waals surface area contributed by atoms with E-state index in [0.29, 0.717) is 19.5 Å². The number of carbonyl (C=O) groups is 1. The van der Waals surface area contributed by atoms with Crippen molar-refractivity contribution >= 4 is 17.3 Å². The van der Waals surface area contributed by atoms with E-state index in [-0.39, 0.29) is 29.5 Å². The lowest BCUT2D eigenvalue weighted by Crippen LogP contribution is -2.61. The minimum absolute atomic E-state index is 0.000200. The first-order chi connectivity index (χ1) is 15.6. The fourth-order valence-corrected chi connectivity index (χ4v) is 4.87. The van der Waals surface area contributed by atoms with Gasteiger partial charge >= 0.3 is 0 Å². The second kappa shape index (κ2) is 8.61. The van der Waals surface area contributed by atoms with Crippen LogP contribution in [0.2, 0.25) is 0 Å². The highest BCUT2D eigenvalue weighted by atomic mass is 19.1. The van der Waals surface area contributed by atoms with Gasteiger partial charge in [0.1, 0.15) is 11.6 Å². The van der Waals surface area contributed by atoms with Gasteiger partial charge in [0.05, 0.1) is 12.0 Å². The van der Waals surface area contributed by atoms with E-state index in [4.69, 9.17) is 0 Å². The summed E-state index contributed by atoms with van der Waals surface area (Å²) in [6.45, 7) is 2.65. The van der Waals surface area contributed by atoms with Gasteiger partial charge < -0.3 is 15.1 Å². The smallest absolute Gasteiger partial charge is 0.225 e. The number of anilines is 2. The first-order valence-corrected chi connectivity index (χ1v) is 11.0. The molecule has 1 saturated heterocycles. The Kier molecular flexibility index (Phi) is 5.52. The Balaban J connectivity index is 1.38. The maximum absolute atomic E-state index is 13.4. The summed E-state index contributed by atoms with van der Waals surface area (Å²) in [7, 11) is 0. The number of hydrogen-bond donors (Lipinski definition) is 1. The summed E-state index contributed by atoms with van der Waals surface area (Å²) in [6.07, 6.45) is 0.670. The van der Waals surface area contributed by atoms with Gasteiger partial charge in [-0.3, -0.25) is 4.79 Å². The van der Waals surface area contributed by atoms with Crippen LogP contribution in [0.4, 0.5) is 20.2 Å². The molecule has 4 nitrogen and oxygen atoms in total. The van der Waals surface area contributed by atoms with E-state index in [1.807, 2.05) is 12.1 Å². The van der Waals surface area contributed by atoms with E-state index in [9.17, 15) is 13.6 Å². The zero-order chi connectivity index (χ0) is 22.1. The zero-order valence-electron chi connectivity index (χ0n) is 17.7. The maximum Gasteiger partial charge on any atom is 0.225 e. The van der Waals surface area contributed by atoms with Crippen molar-refractivity contribution in [1.82, 2.24) is 5.32 Å². The van der Waals surface area contributed by atoms with Crippen LogP contribution in [0.3, 0.4) is 0 Å². The van der Waals surface area contributed by atoms with Crippen molar-refractivity contribution in [2.75, 3.05) is 29.4 Å². The van der Waals surface area contributed by atoms with Crippen LogP contribution < -0.4 is 15.1 Å². The molecule has 3 aromatic rings. The molecule has 2 aliphatic rings. The maximum atomic E-state index is 13.4. The molecule has 0 aromatic heterocycles. The Morgan fingerprint density at radius 1 is 0.906 bits per heavy atom. The summed E-state index contributed by atoms with van der Waals surface area (Å²) in [6, 6.07) is 21.0. The molecule has 3 aromatic carbocycles. The molecule has 1 N–H and O–H groups in total. The van der Waals surface area contributed by atoms with E-state index in [2.05, 4.69) is 27.2 Å². The molecule has 164 valence electrons. The second-order valence-corrected chi connectivity index (χ2v) is 8.47. The van der Waals surface area contributed by atoms with Crippen molar-refractivity contribution in [3.8, 4) is 0 Å². The summed E-state index contributed by atoms with van der Waals surface area (Å²) >= 11 is 0. The molecule has 6 heteroatoms. The van der Waals surface area contributed by atoms with Gasteiger partial charge in [0.15, 0.2) is 0 Å². The highest BCUT2D eigenvalue weighted by molar-refractivity contribution is 5.82. The summed E-state index contributed by atoms with van der Waals surface area (Å²) in [5, 5.41) is 3.06. The fourth-order valence-electron chi connectivity index (χ4n) is 4.87. The topological polar surface area (TPSA) is 35.6 Å². The van der Waals surface area contributed by atoms with Crippen molar-refractivity contribution < 1.29 is 13.6 Å². The number of rotatable bonds is 4. The SMILES string of the molecule is O=C(NCc1ccc(F)cc1)[C@@H]1Cc2ccccc2N2CCN(c3ccc(F)cc3)C[C@@H]12. The van der Waals surface area contributed by atoms with Gasteiger partial charge in [-0.1, -0.05) is 30.3 Å². The monoisotopic (exact) mass is 433 g/mol. The van der Waals surface area contributed by atoms with Crippen LogP contribution in [-0.4, -0.2) is 31.6 Å². The molecule has 5 rings (SSSR count). The zero-order valence-corrected chi connectivity index (χ0v) is 17.7. The number of para-hydroxylation sites is 1. The number of benzene rings is 3. The predicted octanol–water partition coefficient (Wildman–Crippen LogP) is 4.15. The Morgan fingerprint density at radius 2 is 1.59 bits per heavy atom. The fraction of sp³-hybridized carbons (Fsp3) is 0.269. The van der Waals surface area contributed by atoms with Crippen LogP contribution in [0.15, 0.2) is 72.8 Å². The Morgan fingerprint density at radius 3 is 2.34 bits per heavy atom. The van der Waals surface area contributed by atoms with Crippen LogP contribution in [0.5, 0.6) is 0 Å². The van der Waals surface area contributed by atoms with E-state index in [1.54, 1.807) is 24.3 Å². The van der Waals surface area contributed by atoms with Crippen molar-refractivity contribution in [3.63, 3.8) is 0 Å². The summed E-state index contributed by atoms with van der Waals surface area (Å²) in [4.78, 5) is 17.9. The van der Waals surface area contributed by atoms with E-state index in [1.165, 1.54) is 35.5 Å². The molecule has 1 fully saturated rings. The van der Waals surface area contributed by atoms with Crippen LogP contribution in [0, 0.1) is 17.6 Å². The molecular weight excluding hydrogens is 408 g/mol. The third kappa shape index (κ3) is 4.05. The number of nitrogens with one attached hydrogen (secondary N) is 1. The average molecular weight is 434 g/mol. The number of carbonyl (C=O) groups excluding carboxylic acids is 1. The van der Waals surface area contributed by atoms with Gasteiger partial charge in [-0.05, 0) is 60.0 Å². The molecule has 32 heavy (non-hydrogen) atoms. The number of piperazine rings is 1. The lowest BCUT2D eigenvalue weighted by atomic mass is 9.83. The van der Waals surface area contributed by atoms with Crippen molar-refractivity contribution in [2.24, 2.45) is 5.92 Å². The summed E-state index contributed by atoms with van der Waals surface area (Å²) in [5.74, 6) is -0.756. The predicted molar refractivity (Wildman–Crippen MR) is 122 cm³/mol. The molecule has 2 aliphatic heterocycles. The lowest BCUT2D eigenvalue weighted by Gasteiger charge is -2.49. The lowest BCUT2D eigenvalue weighted by molar-refractivity contribution is -0.126. The van der Waals surface area contributed by atoms with Gasteiger partial charge in [0, 0.05) is 37.6 Å². The molecule has 0 bridgehead atoms. The first kappa shape index (κ1) is 20.5. The Hall–Kier alpha value is -3.41. The quantitative estimate of drug-likeness (QED) is 0.672. The van der Waals surface area contributed by atoms with E-state index in [0.717, 1.165) is 24.3 Å². The molecule has 1 amide bonds. The largest absolute Gasteiger partial charge is 0.368 e. The molecule has 0 unspecified atom stereocenters. The van der Waals surface area contributed by atoms with Crippen molar-refractivity contribution in [3.05, 3.63) is 95.6 Å². The van der Waals surface area contributed by atoms with Crippen LogP contribution >= 0.6 is 0 Å². The van der Waals surface area contributed by atoms with E-state index < -0.39 is 0 Å². The van der Waals surface area contributed by atoms with Crippen LogP contribution in [-0.2, 0) is 17.8 Å². The number of hydrogen-bond acceptors (Lipinski definition) is 3. The molecular formula is C26H25F2N3O. The van der Waals surface area contributed by atoms with Crippen LogP contribution in [0.1, 0.15) is 11.1 Å². The third-order valence-corrected chi connectivity index (χ3v) is 6.53. The van der Waals surface area contributed by atoms with Gasteiger partial charge in [0.2, 0.25) is 5.91 Å². The number of amides is 1. The Labute approximate surface area is 186 Å². The van der Waals surface area contributed by atoms with Gasteiger partial charge in [-0.15, -0.1) is 0 Å². The second-order valence-electron chi connectivity index (χ2n) is 8.47. The van der Waals surface area contributed by atoms with Crippen LogP contribution in [0.25, 0.3) is 0 Å². The molecule has 2 heterocycles. The Bertz CT molecular complexity index is 1100. The normalized spacial score (nSPS) is 19.8. The minimum Gasteiger partial charge on any atom is -0.368 e. The van der Waals surface area contributed by atoms with Gasteiger partial charge in [0.25, 0.3) is 0 Å². The van der Waals surface area contributed by atoms with Gasteiger partial charge in [-0.2, -0.15) is 0 Å². The number of fused-ring (bicyclic) bond motifs is 3. The third-order valence-electron chi connectivity index (χ3n) is 6.53. The summed E-state index contributed by atoms with van der Waals surface area (Å²) in [5.41, 5.74) is 4.21.